The van der Waals surface area contributed by atoms with Crippen molar-refractivity contribution in [1.82, 2.24) is 9.99 Å². The predicted octanol–water partition coefficient (Wildman–Crippen LogP) is 7.21. The summed E-state index contributed by atoms with van der Waals surface area (Å²) in [5.74, 6) is 0.575. The first-order valence-electron chi connectivity index (χ1n) is 12.0. The van der Waals surface area contributed by atoms with Crippen LogP contribution in [0.1, 0.15) is 36.4 Å². The van der Waals surface area contributed by atoms with Gasteiger partial charge in [-0.15, -0.1) is 11.3 Å². The molecule has 4 nitrogen and oxygen atoms in total. The maximum Gasteiger partial charge on any atom is 0.253 e. The van der Waals surface area contributed by atoms with E-state index >= 15 is 0 Å². The van der Waals surface area contributed by atoms with Crippen LogP contribution < -0.4 is 0 Å². The summed E-state index contributed by atoms with van der Waals surface area (Å²) in [6, 6.07) is 28.8. The van der Waals surface area contributed by atoms with Gasteiger partial charge in [0.1, 0.15) is 0 Å². The van der Waals surface area contributed by atoms with Crippen LogP contribution >= 0.6 is 23.1 Å². The number of carbonyl (C=O) groups is 1. The summed E-state index contributed by atoms with van der Waals surface area (Å²) in [6.07, 6.45) is 5.39. The number of rotatable bonds is 5. The van der Waals surface area contributed by atoms with Gasteiger partial charge >= 0.3 is 0 Å². The molecule has 0 radical (unpaired) electrons. The summed E-state index contributed by atoms with van der Waals surface area (Å²) in [4.78, 5) is 18.3. The molecule has 6 rings (SSSR count). The minimum absolute atomic E-state index is 0.0315. The van der Waals surface area contributed by atoms with E-state index in [0.717, 1.165) is 45.1 Å². The van der Waals surface area contributed by atoms with Crippen molar-refractivity contribution in [3.63, 3.8) is 0 Å². The molecule has 2 atom stereocenters. The molecule has 1 saturated carbocycles. The van der Waals surface area contributed by atoms with Gasteiger partial charge < -0.3 is 0 Å². The Balaban J connectivity index is 1.30. The van der Waals surface area contributed by atoms with Gasteiger partial charge in [0, 0.05) is 5.92 Å². The van der Waals surface area contributed by atoms with Crippen molar-refractivity contribution < 1.29 is 4.79 Å². The molecule has 2 unspecified atom stereocenters. The number of para-hydroxylation sites is 1. The van der Waals surface area contributed by atoms with Crippen LogP contribution in [0.5, 0.6) is 0 Å². The molecule has 3 aromatic carbocycles. The molecular formula is C29H25N3OS2. The fraction of sp³-hybridized carbons (Fsp3) is 0.207. The third kappa shape index (κ3) is 4.56. The van der Waals surface area contributed by atoms with Crippen LogP contribution in [0.25, 0.3) is 16.3 Å². The Morgan fingerprint density at radius 1 is 1.00 bits per heavy atom. The smallest absolute Gasteiger partial charge is 0.253 e. The minimum atomic E-state index is -0.0610. The first kappa shape index (κ1) is 22.3. The summed E-state index contributed by atoms with van der Waals surface area (Å²) in [5.41, 5.74) is 5.64. The van der Waals surface area contributed by atoms with Gasteiger partial charge in [-0.05, 0) is 54.2 Å². The molecule has 0 bridgehead atoms. The average molecular weight is 496 g/mol. The maximum atomic E-state index is 13.6. The molecule has 4 aromatic rings. The molecule has 2 aliphatic rings. The molecule has 6 heteroatoms. The molecule has 0 spiro atoms. The van der Waals surface area contributed by atoms with Gasteiger partial charge in [0.25, 0.3) is 5.91 Å². The highest BCUT2D eigenvalue weighted by Gasteiger charge is 2.43. The molecule has 1 aliphatic heterocycles. The van der Waals surface area contributed by atoms with Crippen molar-refractivity contribution in [2.45, 2.75) is 29.6 Å². The van der Waals surface area contributed by atoms with E-state index in [-0.39, 0.29) is 17.9 Å². The van der Waals surface area contributed by atoms with Crippen molar-refractivity contribution in [3.05, 3.63) is 102 Å². The van der Waals surface area contributed by atoms with E-state index in [1.807, 2.05) is 30.3 Å². The van der Waals surface area contributed by atoms with Gasteiger partial charge in [-0.1, -0.05) is 84.6 Å². The zero-order valence-corrected chi connectivity index (χ0v) is 20.8. The molecule has 35 heavy (non-hydrogen) atoms. The van der Waals surface area contributed by atoms with Gasteiger partial charge in [0.15, 0.2) is 4.34 Å². The van der Waals surface area contributed by atoms with Crippen molar-refractivity contribution in [3.8, 4) is 0 Å². The highest BCUT2D eigenvalue weighted by atomic mass is 32.2. The SMILES string of the molecule is O=C(CSc1nc2ccccc2s1)N1N=C2C(=Cc3ccccc3)CCCC2C1c1ccccc1. The van der Waals surface area contributed by atoms with Crippen LogP contribution in [0.4, 0.5) is 0 Å². The minimum Gasteiger partial charge on any atom is -0.272 e. The highest BCUT2D eigenvalue weighted by Crippen LogP contribution is 2.44. The van der Waals surface area contributed by atoms with Gasteiger partial charge in [-0.3, -0.25) is 4.79 Å². The van der Waals surface area contributed by atoms with Crippen LogP contribution in [0.2, 0.25) is 0 Å². The van der Waals surface area contributed by atoms with Crippen molar-refractivity contribution in [2.75, 3.05) is 5.75 Å². The van der Waals surface area contributed by atoms with E-state index in [1.165, 1.54) is 22.9 Å². The number of nitrogens with zero attached hydrogens (tertiary/aromatic N) is 3. The first-order chi connectivity index (χ1) is 17.3. The van der Waals surface area contributed by atoms with Gasteiger partial charge in [-0.2, -0.15) is 5.10 Å². The molecule has 2 heterocycles. The number of allylic oxidation sites excluding steroid dienone is 1. The summed E-state index contributed by atoms with van der Waals surface area (Å²) in [5, 5.41) is 6.77. The zero-order valence-electron chi connectivity index (χ0n) is 19.2. The largest absolute Gasteiger partial charge is 0.272 e. The molecule has 1 aromatic heterocycles. The summed E-state index contributed by atoms with van der Waals surface area (Å²) >= 11 is 3.14. The molecule has 1 aliphatic carbocycles. The van der Waals surface area contributed by atoms with Gasteiger partial charge in [0.05, 0.1) is 27.7 Å². The Morgan fingerprint density at radius 3 is 2.54 bits per heavy atom. The number of thiazole rings is 1. The standard InChI is InChI=1S/C29H25N3OS2/c33-26(19-34-29-30-24-16-7-8-17-25(24)35-29)32-28(21-12-5-2-6-13-21)23-15-9-14-22(27(23)31-32)18-20-10-3-1-4-11-20/h1-8,10-13,16-18,23,28H,9,14-15,19H2. The normalized spacial score (nSPS) is 20.7. The lowest BCUT2D eigenvalue weighted by atomic mass is 9.77. The molecular weight excluding hydrogens is 470 g/mol. The summed E-state index contributed by atoms with van der Waals surface area (Å²) in [6.45, 7) is 0. The fourth-order valence-electron chi connectivity index (χ4n) is 5.04. The van der Waals surface area contributed by atoms with Crippen LogP contribution in [-0.4, -0.2) is 27.4 Å². The number of hydrazone groups is 1. The van der Waals surface area contributed by atoms with Crippen LogP contribution in [0, 0.1) is 5.92 Å². The molecule has 174 valence electrons. The van der Waals surface area contributed by atoms with Crippen molar-refractivity contribution >= 4 is 51.0 Å². The van der Waals surface area contributed by atoms with Crippen molar-refractivity contribution in [1.29, 1.82) is 0 Å². The maximum absolute atomic E-state index is 13.6. The number of benzene rings is 3. The fourth-order valence-corrected chi connectivity index (χ4v) is 6.96. The lowest BCUT2D eigenvalue weighted by molar-refractivity contribution is -0.130. The zero-order chi connectivity index (χ0) is 23.6. The Morgan fingerprint density at radius 2 is 1.74 bits per heavy atom. The monoisotopic (exact) mass is 495 g/mol. The quantitative estimate of drug-likeness (QED) is 0.275. The second-order valence-electron chi connectivity index (χ2n) is 8.89. The van der Waals surface area contributed by atoms with E-state index in [1.54, 1.807) is 16.3 Å². The second-order valence-corrected chi connectivity index (χ2v) is 11.1. The first-order valence-corrected chi connectivity index (χ1v) is 13.8. The second kappa shape index (κ2) is 9.80. The lowest BCUT2D eigenvalue weighted by Crippen LogP contribution is -2.32. The Hall–Kier alpha value is -3.22. The lowest BCUT2D eigenvalue weighted by Gasteiger charge is -2.29. The molecule has 0 N–H and O–H groups in total. The predicted molar refractivity (Wildman–Crippen MR) is 146 cm³/mol. The number of aromatic nitrogens is 1. The highest BCUT2D eigenvalue weighted by molar-refractivity contribution is 8.01. The summed E-state index contributed by atoms with van der Waals surface area (Å²) < 4.78 is 2.07. The van der Waals surface area contributed by atoms with E-state index in [2.05, 4.69) is 65.7 Å². The third-order valence-corrected chi connectivity index (χ3v) is 8.80. The van der Waals surface area contributed by atoms with Gasteiger partial charge in [-0.25, -0.2) is 9.99 Å². The Kier molecular flexibility index (Phi) is 6.23. The third-order valence-electron chi connectivity index (χ3n) is 6.63. The number of fused-ring (bicyclic) bond motifs is 2. The number of amides is 1. The van der Waals surface area contributed by atoms with Crippen LogP contribution in [0.15, 0.2) is 99.9 Å². The Labute approximate surface area is 213 Å². The number of carbonyl (C=O) groups excluding carboxylic acids is 1. The van der Waals surface area contributed by atoms with Crippen LogP contribution in [0.3, 0.4) is 0 Å². The number of hydrogen-bond acceptors (Lipinski definition) is 5. The molecule has 1 fully saturated rings. The van der Waals surface area contributed by atoms with E-state index in [0.29, 0.717) is 5.75 Å². The van der Waals surface area contributed by atoms with Crippen LogP contribution in [-0.2, 0) is 4.79 Å². The van der Waals surface area contributed by atoms with E-state index < -0.39 is 0 Å². The van der Waals surface area contributed by atoms with E-state index in [9.17, 15) is 4.79 Å². The summed E-state index contributed by atoms with van der Waals surface area (Å²) in [7, 11) is 0. The number of hydrogen-bond donors (Lipinski definition) is 0. The topological polar surface area (TPSA) is 45.6 Å². The molecule has 0 saturated heterocycles. The number of thioether (sulfide) groups is 1. The Bertz CT molecular complexity index is 1380. The molecule has 1 amide bonds. The van der Waals surface area contributed by atoms with E-state index in [4.69, 9.17) is 5.10 Å². The average Bonchev–Trinajstić information content (AvgIpc) is 3.50. The van der Waals surface area contributed by atoms with Gasteiger partial charge in [0.2, 0.25) is 0 Å². The van der Waals surface area contributed by atoms with Crippen molar-refractivity contribution in [2.24, 2.45) is 11.0 Å².